The Kier molecular flexibility index (Phi) is 7.50. The van der Waals surface area contributed by atoms with Crippen LogP contribution in [0.5, 0.6) is 11.5 Å². The molecule has 180 valence electrons. The number of rotatable bonds is 7. The summed E-state index contributed by atoms with van der Waals surface area (Å²) in [6, 6.07) is 15.8. The van der Waals surface area contributed by atoms with Gasteiger partial charge in [0, 0.05) is 11.1 Å². The Balaban J connectivity index is 1.64. The van der Waals surface area contributed by atoms with Crippen molar-refractivity contribution in [2.45, 2.75) is 71.1 Å². The lowest BCUT2D eigenvalue weighted by Crippen LogP contribution is -2.37. The molecule has 0 spiro atoms. The fourth-order valence-corrected chi connectivity index (χ4v) is 4.77. The van der Waals surface area contributed by atoms with E-state index in [0.29, 0.717) is 28.6 Å². The minimum atomic E-state index is -0.402. The van der Waals surface area contributed by atoms with Gasteiger partial charge in [-0.25, -0.2) is 9.59 Å². The number of esters is 2. The van der Waals surface area contributed by atoms with E-state index >= 15 is 0 Å². The third-order valence-electron chi connectivity index (χ3n) is 7.38. The number of ether oxygens (including phenoxy) is 2. The van der Waals surface area contributed by atoms with Crippen molar-refractivity contribution in [2.75, 3.05) is 0 Å². The summed E-state index contributed by atoms with van der Waals surface area (Å²) in [6.45, 7) is 17.5. The zero-order valence-electron chi connectivity index (χ0n) is 21.1. The van der Waals surface area contributed by atoms with Gasteiger partial charge in [-0.1, -0.05) is 58.2 Å². The molecule has 0 bridgehead atoms. The SMILES string of the molecule is C=C(C)C(=O)Oc1ccc(C2(C)CCC(C(C)(C)c3ccc(OC(=O)C(=C)C)cc3)CC2)cc1. The molecule has 0 aromatic heterocycles. The molecule has 0 saturated heterocycles. The van der Waals surface area contributed by atoms with Gasteiger partial charge >= 0.3 is 11.9 Å². The van der Waals surface area contributed by atoms with Gasteiger partial charge in [-0.2, -0.15) is 0 Å². The molecule has 2 aromatic rings. The van der Waals surface area contributed by atoms with Gasteiger partial charge in [-0.15, -0.1) is 0 Å². The van der Waals surface area contributed by atoms with E-state index in [-0.39, 0.29) is 10.8 Å². The van der Waals surface area contributed by atoms with Crippen LogP contribution in [0.25, 0.3) is 0 Å². The first-order valence-corrected chi connectivity index (χ1v) is 11.9. The average molecular weight is 461 g/mol. The van der Waals surface area contributed by atoms with Crippen molar-refractivity contribution in [2.24, 2.45) is 5.92 Å². The summed E-state index contributed by atoms with van der Waals surface area (Å²) >= 11 is 0. The molecule has 1 fully saturated rings. The van der Waals surface area contributed by atoms with E-state index in [1.165, 1.54) is 11.1 Å². The van der Waals surface area contributed by atoms with Crippen LogP contribution in [0.1, 0.15) is 71.4 Å². The summed E-state index contributed by atoms with van der Waals surface area (Å²) in [6.07, 6.45) is 4.45. The number of carbonyl (C=O) groups is 2. The van der Waals surface area contributed by atoms with Crippen LogP contribution in [0.2, 0.25) is 0 Å². The van der Waals surface area contributed by atoms with Crippen molar-refractivity contribution in [1.29, 1.82) is 0 Å². The van der Waals surface area contributed by atoms with Crippen LogP contribution >= 0.6 is 0 Å². The fraction of sp³-hybridized carbons (Fsp3) is 0.400. The summed E-state index contributed by atoms with van der Waals surface area (Å²) < 4.78 is 10.7. The highest BCUT2D eigenvalue weighted by atomic mass is 16.5. The molecule has 1 saturated carbocycles. The monoisotopic (exact) mass is 460 g/mol. The first-order chi connectivity index (χ1) is 15.9. The van der Waals surface area contributed by atoms with E-state index in [1.807, 2.05) is 24.3 Å². The second kappa shape index (κ2) is 10.0. The normalized spacial score (nSPS) is 20.3. The number of benzene rings is 2. The van der Waals surface area contributed by atoms with E-state index in [4.69, 9.17) is 9.47 Å². The second-order valence-electron chi connectivity index (χ2n) is 10.4. The van der Waals surface area contributed by atoms with Gasteiger partial charge in [0.05, 0.1) is 0 Å². The first kappa shape index (κ1) is 25.5. The molecule has 0 radical (unpaired) electrons. The van der Waals surface area contributed by atoms with Crippen molar-refractivity contribution < 1.29 is 19.1 Å². The van der Waals surface area contributed by atoms with E-state index in [9.17, 15) is 9.59 Å². The Morgan fingerprint density at radius 2 is 1.24 bits per heavy atom. The molecule has 0 amide bonds. The highest BCUT2D eigenvalue weighted by Crippen LogP contribution is 2.48. The smallest absolute Gasteiger partial charge is 0.338 e. The lowest BCUT2D eigenvalue weighted by molar-refractivity contribution is -0.130. The molecular formula is C30H36O4. The topological polar surface area (TPSA) is 52.6 Å². The van der Waals surface area contributed by atoms with E-state index in [2.05, 4.69) is 58.2 Å². The van der Waals surface area contributed by atoms with Crippen molar-refractivity contribution in [1.82, 2.24) is 0 Å². The largest absolute Gasteiger partial charge is 0.423 e. The Labute approximate surface area is 203 Å². The highest BCUT2D eigenvalue weighted by molar-refractivity contribution is 5.89. The van der Waals surface area contributed by atoms with Crippen LogP contribution in [0.15, 0.2) is 72.8 Å². The van der Waals surface area contributed by atoms with Crippen LogP contribution < -0.4 is 9.47 Å². The van der Waals surface area contributed by atoms with E-state index < -0.39 is 11.9 Å². The van der Waals surface area contributed by atoms with Gasteiger partial charge in [0.15, 0.2) is 0 Å². The van der Waals surface area contributed by atoms with Crippen molar-refractivity contribution in [3.63, 3.8) is 0 Å². The van der Waals surface area contributed by atoms with Crippen molar-refractivity contribution in [3.8, 4) is 11.5 Å². The molecule has 0 heterocycles. The lowest BCUT2D eigenvalue weighted by Gasteiger charge is -2.44. The number of hydrogen-bond acceptors (Lipinski definition) is 4. The summed E-state index contributed by atoms with van der Waals surface area (Å²) in [5.74, 6) is 0.846. The maximum Gasteiger partial charge on any atom is 0.338 e. The Morgan fingerprint density at radius 1 is 0.824 bits per heavy atom. The maximum atomic E-state index is 11.8. The van der Waals surface area contributed by atoms with Gasteiger partial charge in [0.1, 0.15) is 11.5 Å². The minimum Gasteiger partial charge on any atom is -0.423 e. The predicted molar refractivity (Wildman–Crippen MR) is 136 cm³/mol. The zero-order chi connectivity index (χ0) is 25.1. The molecule has 2 aromatic carbocycles. The van der Waals surface area contributed by atoms with Crippen LogP contribution in [0.4, 0.5) is 0 Å². The van der Waals surface area contributed by atoms with E-state index in [0.717, 1.165) is 25.7 Å². The molecule has 0 atom stereocenters. The van der Waals surface area contributed by atoms with Crippen LogP contribution in [-0.4, -0.2) is 11.9 Å². The molecular weight excluding hydrogens is 424 g/mol. The Hall–Kier alpha value is -3.14. The molecule has 0 N–H and O–H groups in total. The summed E-state index contributed by atoms with van der Waals surface area (Å²) in [5, 5.41) is 0. The minimum absolute atomic E-state index is 0.0127. The highest BCUT2D eigenvalue weighted by Gasteiger charge is 2.39. The van der Waals surface area contributed by atoms with Crippen LogP contribution in [0, 0.1) is 5.92 Å². The molecule has 4 heteroatoms. The van der Waals surface area contributed by atoms with Gasteiger partial charge in [0.25, 0.3) is 0 Å². The Morgan fingerprint density at radius 3 is 1.65 bits per heavy atom. The fourth-order valence-electron chi connectivity index (χ4n) is 4.77. The maximum absolute atomic E-state index is 11.8. The molecule has 0 aliphatic heterocycles. The zero-order valence-corrected chi connectivity index (χ0v) is 21.1. The summed E-state index contributed by atoms with van der Waals surface area (Å²) in [4.78, 5) is 23.5. The number of carbonyl (C=O) groups excluding carboxylic acids is 2. The third-order valence-corrected chi connectivity index (χ3v) is 7.38. The standard InChI is InChI=1S/C30H36O4/c1-20(2)27(31)33-25-12-8-22(9-13-25)29(5,6)23-16-18-30(7,19-17-23)24-10-14-26(15-11-24)34-28(32)21(3)4/h8-15,23H,1,3,16-19H2,2,4-7H3. The van der Waals surface area contributed by atoms with Gasteiger partial charge in [-0.05, 0) is 91.7 Å². The predicted octanol–water partition coefficient (Wildman–Crippen LogP) is 7.08. The van der Waals surface area contributed by atoms with Crippen molar-refractivity contribution in [3.05, 3.63) is 84.0 Å². The molecule has 1 aliphatic carbocycles. The average Bonchev–Trinajstić information content (AvgIpc) is 2.80. The third kappa shape index (κ3) is 5.67. The van der Waals surface area contributed by atoms with E-state index in [1.54, 1.807) is 13.8 Å². The van der Waals surface area contributed by atoms with Crippen LogP contribution in [0.3, 0.4) is 0 Å². The molecule has 1 aliphatic rings. The molecule has 3 rings (SSSR count). The Bertz CT molecular complexity index is 1070. The molecule has 4 nitrogen and oxygen atoms in total. The molecule has 34 heavy (non-hydrogen) atoms. The van der Waals surface area contributed by atoms with Gasteiger partial charge < -0.3 is 9.47 Å². The van der Waals surface area contributed by atoms with Crippen LogP contribution in [-0.2, 0) is 20.4 Å². The van der Waals surface area contributed by atoms with Crippen molar-refractivity contribution >= 4 is 11.9 Å². The second-order valence-corrected chi connectivity index (χ2v) is 10.4. The lowest BCUT2D eigenvalue weighted by atomic mass is 9.60. The quantitative estimate of drug-likeness (QED) is 0.252. The van der Waals surface area contributed by atoms with Gasteiger partial charge in [-0.3, -0.25) is 0 Å². The summed E-state index contributed by atoms with van der Waals surface area (Å²) in [7, 11) is 0. The number of hydrogen-bond donors (Lipinski definition) is 0. The van der Waals surface area contributed by atoms with Gasteiger partial charge in [0.2, 0.25) is 0 Å². The molecule has 0 unspecified atom stereocenters. The first-order valence-electron chi connectivity index (χ1n) is 11.9. The summed E-state index contributed by atoms with van der Waals surface area (Å²) in [5.41, 5.74) is 3.42.